The Hall–Kier alpha value is -0.860. The van der Waals surface area contributed by atoms with Crippen molar-refractivity contribution in [1.82, 2.24) is 14.8 Å². The fourth-order valence-electron chi connectivity index (χ4n) is 2.16. The van der Waals surface area contributed by atoms with Crippen LogP contribution in [0, 0.1) is 5.41 Å². The number of rotatable bonds is 1. The molecule has 3 heteroatoms. The normalized spacial score (nSPS) is 21.5. The second kappa shape index (κ2) is 3.62. The van der Waals surface area contributed by atoms with E-state index in [1.54, 1.807) is 0 Å². The molecule has 2 heterocycles. The zero-order valence-electron chi connectivity index (χ0n) is 10.2. The molecular weight excluding hydrogens is 186 g/mol. The molecule has 0 aromatic carbocycles. The summed E-state index contributed by atoms with van der Waals surface area (Å²) in [5, 5.41) is 4.59. The second-order valence-electron chi connectivity index (χ2n) is 5.89. The van der Waals surface area contributed by atoms with Crippen LogP contribution in [0.2, 0.25) is 0 Å². The van der Waals surface area contributed by atoms with Crippen LogP contribution in [0.25, 0.3) is 0 Å². The number of hydrogen-bond acceptors (Lipinski definition) is 2. The minimum Gasteiger partial charge on any atom is -0.250 e. The van der Waals surface area contributed by atoms with E-state index >= 15 is 0 Å². The second-order valence-corrected chi connectivity index (χ2v) is 5.89. The molecule has 1 unspecified atom stereocenters. The Labute approximate surface area is 91.9 Å². The van der Waals surface area contributed by atoms with Gasteiger partial charge in [-0.2, -0.15) is 5.10 Å². The Morgan fingerprint density at radius 1 is 1.40 bits per heavy atom. The average molecular weight is 207 g/mol. The SMILES string of the molecule is CC1CCCn2nc(CC(C)(C)C)nc21. The van der Waals surface area contributed by atoms with Crippen LogP contribution in [-0.2, 0) is 13.0 Å². The Balaban J connectivity index is 2.22. The van der Waals surface area contributed by atoms with E-state index in [-0.39, 0.29) is 5.41 Å². The van der Waals surface area contributed by atoms with Crippen molar-refractivity contribution in [3.8, 4) is 0 Å². The van der Waals surface area contributed by atoms with E-state index in [4.69, 9.17) is 0 Å². The Morgan fingerprint density at radius 3 is 2.73 bits per heavy atom. The van der Waals surface area contributed by atoms with Gasteiger partial charge in [0.25, 0.3) is 0 Å². The molecule has 1 aliphatic heterocycles. The molecule has 84 valence electrons. The summed E-state index contributed by atoms with van der Waals surface area (Å²) in [4.78, 5) is 4.67. The molecule has 1 aromatic heterocycles. The fraction of sp³-hybridized carbons (Fsp3) is 0.833. The summed E-state index contributed by atoms with van der Waals surface area (Å²) < 4.78 is 2.11. The molecule has 2 rings (SSSR count). The average Bonchev–Trinajstić information content (AvgIpc) is 2.45. The molecular formula is C12H21N3. The van der Waals surface area contributed by atoms with E-state index in [2.05, 4.69) is 42.5 Å². The summed E-state index contributed by atoms with van der Waals surface area (Å²) in [5.74, 6) is 2.80. The van der Waals surface area contributed by atoms with Gasteiger partial charge in [0.15, 0.2) is 5.82 Å². The smallest absolute Gasteiger partial charge is 0.151 e. The minimum absolute atomic E-state index is 0.279. The van der Waals surface area contributed by atoms with Crippen molar-refractivity contribution in [3.63, 3.8) is 0 Å². The Morgan fingerprint density at radius 2 is 2.13 bits per heavy atom. The zero-order valence-corrected chi connectivity index (χ0v) is 10.2. The van der Waals surface area contributed by atoms with E-state index in [1.165, 1.54) is 18.7 Å². The molecule has 1 aromatic rings. The summed E-state index contributed by atoms with van der Waals surface area (Å²) >= 11 is 0. The third-order valence-electron chi connectivity index (χ3n) is 2.88. The van der Waals surface area contributed by atoms with E-state index in [0.29, 0.717) is 5.92 Å². The Bertz CT molecular complexity index is 346. The predicted octanol–water partition coefficient (Wildman–Crippen LogP) is 2.76. The number of aryl methyl sites for hydroxylation is 1. The maximum atomic E-state index is 4.67. The summed E-state index contributed by atoms with van der Waals surface area (Å²) in [5.41, 5.74) is 0.279. The quantitative estimate of drug-likeness (QED) is 0.709. The highest BCUT2D eigenvalue weighted by atomic mass is 15.4. The lowest BCUT2D eigenvalue weighted by atomic mass is 9.92. The molecule has 0 saturated heterocycles. The van der Waals surface area contributed by atoms with Gasteiger partial charge < -0.3 is 0 Å². The van der Waals surface area contributed by atoms with Gasteiger partial charge in [-0.3, -0.25) is 0 Å². The molecule has 1 atom stereocenters. The van der Waals surface area contributed by atoms with Gasteiger partial charge in [0.1, 0.15) is 5.82 Å². The lowest BCUT2D eigenvalue weighted by Crippen LogP contribution is -2.15. The monoisotopic (exact) mass is 207 g/mol. The van der Waals surface area contributed by atoms with Crippen molar-refractivity contribution in [1.29, 1.82) is 0 Å². The predicted molar refractivity (Wildman–Crippen MR) is 60.8 cm³/mol. The molecule has 0 radical (unpaired) electrons. The van der Waals surface area contributed by atoms with Crippen LogP contribution in [0.5, 0.6) is 0 Å². The van der Waals surface area contributed by atoms with Crippen LogP contribution in [0.4, 0.5) is 0 Å². The fourth-order valence-corrected chi connectivity index (χ4v) is 2.16. The van der Waals surface area contributed by atoms with E-state index in [0.717, 1.165) is 18.8 Å². The number of nitrogens with zero attached hydrogens (tertiary/aromatic N) is 3. The molecule has 15 heavy (non-hydrogen) atoms. The maximum absolute atomic E-state index is 4.67. The van der Waals surface area contributed by atoms with Crippen LogP contribution in [-0.4, -0.2) is 14.8 Å². The maximum Gasteiger partial charge on any atom is 0.151 e. The van der Waals surface area contributed by atoms with Crippen LogP contribution in [0.3, 0.4) is 0 Å². The van der Waals surface area contributed by atoms with Crippen molar-refractivity contribution in [3.05, 3.63) is 11.6 Å². The van der Waals surface area contributed by atoms with Gasteiger partial charge in [-0.25, -0.2) is 9.67 Å². The van der Waals surface area contributed by atoms with E-state index in [9.17, 15) is 0 Å². The molecule has 0 N–H and O–H groups in total. The van der Waals surface area contributed by atoms with Gasteiger partial charge in [-0.05, 0) is 18.3 Å². The first-order valence-electron chi connectivity index (χ1n) is 5.89. The van der Waals surface area contributed by atoms with E-state index < -0.39 is 0 Å². The number of fused-ring (bicyclic) bond motifs is 1. The summed E-state index contributed by atoms with van der Waals surface area (Å²) in [7, 11) is 0. The highest BCUT2D eigenvalue weighted by Gasteiger charge is 2.22. The molecule has 0 bridgehead atoms. The Kier molecular flexibility index (Phi) is 2.57. The van der Waals surface area contributed by atoms with Gasteiger partial charge in [0.2, 0.25) is 0 Å². The first-order chi connectivity index (χ1) is 6.96. The van der Waals surface area contributed by atoms with Gasteiger partial charge in [-0.15, -0.1) is 0 Å². The largest absolute Gasteiger partial charge is 0.250 e. The lowest BCUT2D eigenvalue weighted by Gasteiger charge is -2.17. The molecule has 0 fully saturated rings. The third-order valence-corrected chi connectivity index (χ3v) is 2.88. The molecule has 1 aliphatic rings. The molecule has 0 amide bonds. The first-order valence-corrected chi connectivity index (χ1v) is 5.89. The molecule has 0 aliphatic carbocycles. The summed E-state index contributed by atoms with van der Waals surface area (Å²) in [6.45, 7) is 10.0. The summed E-state index contributed by atoms with van der Waals surface area (Å²) in [6.07, 6.45) is 3.47. The lowest BCUT2D eigenvalue weighted by molar-refractivity contribution is 0.396. The van der Waals surface area contributed by atoms with Crippen molar-refractivity contribution in [2.45, 2.75) is 59.4 Å². The zero-order chi connectivity index (χ0) is 11.1. The standard InChI is InChI=1S/C12H21N3/c1-9-6-5-7-15-11(9)13-10(14-15)8-12(2,3)4/h9H,5-8H2,1-4H3. The van der Waals surface area contributed by atoms with Crippen molar-refractivity contribution < 1.29 is 0 Å². The highest BCUT2D eigenvalue weighted by Crippen LogP contribution is 2.26. The van der Waals surface area contributed by atoms with Crippen LogP contribution < -0.4 is 0 Å². The van der Waals surface area contributed by atoms with E-state index in [1.807, 2.05) is 0 Å². The van der Waals surface area contributed by atoms with Gasteiger partial charge in [0, 0.05) is 18.9 Å². The van der Waals surface area contributed by atoms with Crippen LogP contribution >= 0.6 is 0 Å². The van der Waals surface area contributed by atoms with Crippen molar-refractivity contribution in [2.24, 2.45) is 5.41 Å². The van der Waals surface area contributed by atoms with Crippen molar-refractivity contribution >= 4 is 0 Å². The van der Waals surface area contributed by atoms with Crippen LogP contribution in [0.1, 0.15) is 58.1 Å². The third kappa shape index (κ3) is 2.39. The van der Waals surface area contributed by atoms with Crippen LogP contribution in [0.15, 0.2) is 0 Å². The molecule has 3 nitrogen and oxygen atoms in total. The molecule has 0 spiro atoms. The van der Waals surface area contributed by atoms with Crippen molar-refractivity contribution in [2.75, 3.05) is 0 Å². The summed E-state index contributed by atoms with van der Waals surface area (Å²) in [6, 6.07) is 0. The minimum atomic E-state index is 0.279. The van der Waals surface area contributed by atoms with Gasteiger partial charge in [-0.1, -0.05) is 27.7 Å². The number of hydrogen-bond donors (Lipinski definition) is 0. The number of aromatic nitrogens is 3. The highest BCUT2D eigenvalue weighted by molar-refractivity contribution is 5.02. The first kappa shape index (κ1) is 10.7. The molecule has 0 saturated carbocycles. The van der Waals surface area contributed by atoms with Gasteiger partial charge in [0.05, 0.1) is 0 Å². The topological polar surface area (TPSA) is 30.7 Å². The van der Waals surface area contributed by atoms with Gasteiger partial charge >= 0.3 is 0 Å².